The van der Waals surface area contributed by atoms with E-state index in [1.165, 1.54) is 10.9 Å². The number of para-hydroxylation sites is 1. The van der Waals surface area contributed by atoms with Gasteiger partial charge < -0.3 is 4.57 Å². The zero-order valence-corrected chi connectivity index (χ0v) is 8.71. The minimum Gasteiger partial charge on any atom is -0.302 e. The van der Waals surface area contributed by atoms with Crippen molar-refractivity contribution in [2.24, 2.45) is 7.05 Å². The lowest BCUT2D eigenvalue weighted by Crippen LogP contribution is -2.17. The highest BCUT2D eigenvalue weighted by atomic mass is 16.1. The standard InChI is InChI=1S/C12H9N3O/c1-15-7-13-11-9(12(15)16)6-8-4-2-3-5-10(8)14-11/h2-7H,1H3. The maximum absolute atomic E-state index is 11.9. The highest BCUT2D eigenvalue weighted by Gasteiger charge is 2.04. The Morgan fingerprint density at radius 3 is 2.94 bits per heavy atom. The minimum absolute atomic E-state index is 0.0664. The summed E-state index contributed by atoms with van der Waals surface area (Å²) in [5.74, 6) is 0. The maximum Gasteiger partial charge on any atom is 0.262 e. The van der Waals surface area contributed by atoms with Crippen LogP contribution in [0.4, 0.5) is 0 Å². The average molecular weight is 211 g/mol. The van der Waals surface area contributed by atoms with E-state index < -0.39 is 0 Å². The summed E-state index contributed by atoms with van der Waals surface area (Å²) in [4.78, 5) is 20.4. The lowest BCUT2D eigenvalue weighted by Gasteiger charge is -2.01. The molecule has 0 aliphatic rings. The third kappa shape index (κ3) is 1.20. The van der Waals surface area contributed by atoms with Crippen LogP contribution in [0.15, 0.2) is 41.5 Å². The number of hydrogen-bond donors (Lipinski definition) is 0. The zero-order valence-electron chi connectivity index (χ0n) is 8.71. The molecule has 78 valence electrons. The van der Waals surface area contributed by atoms with E-state index in [9.17, 15) is 4.79 Å². The van der Waals surface area contributed by atoms with E-state index in [-0.39, 0.29) is 5.56 Å². The van der Waals surface area contributed by atoms with E-state index >= 15 is 0 Å². The van der Waals surface area contributed by atoms with Crippen molar-refractivity contribution in [3.63, 3.8) is 0 Å². The van der Waals surface area contributed by atoms with Crippen LogP contribution in [-0.2, 0) is 7.05 Å². The number of nitrogens with zero attached hydrogens (tertiary/aromatic N) is 3. The first-order chi connectivity index (χ1) is 7.75. The molecule has 0 N–H and O–H groups in total. The molecule has 3 rings (SSSR count). The molecule has 2 heterocycles. The minimum atomic E-state index is -0.0664. The second-order valence-corrected chi connectivity index (χ2v) is 3.71. The van der Waals surface area contributed by atoms with Gasteiger partial charge in [0.2, 0.25) is 0 Å². The molecule has 0 amide bonds. The molecule has 0 saturated carbocycles. The first-order valence-corrected chi connectivity index (χ1v) is 4.97. The predicted octanol–water partition coefficient (Wildman–Crippen LogP) is 1.48. The van der Waals surface area contributed by atoms with Gasteiger partial charge in [0.05, 0.1) is 17.2 Å². The van der Waals surface area contributed by atoms with Crippen molar-refractivity contribution in [3.05, 3.63) is 47.0 Å². The van der Waals surface area contributed by atoms with E-state index in [4.69, 9.17) is 0 Å². The Labute approximate surface area is 91.2 Å². The van der Waals surface area contributed by atoms with Crippen molar-refractivity contribution in [2.45, 2.75) is 0 Å². The molecule has 0 spiro atoms. The molecule has 0 radical (unpaired) electrons. The highest BCUT2D eigenvalue weighted by Crippen LogP contribution is 2.14. The highest BCUT2D eigenvalue weighted by molar-refractivity contribution is 5.90. The normalized spacial score (nSPS) is 11.1. The van der Waals surface area contributed by atoms with Gasteiger partial charge in [-0.1, -0.05) is 18.2 Å². The molecule has 3 aromatic rings. The van der Waals surface area contributed by atoms with Gasteiger partial charge in [-0.05, 0) is 12.1 Å². The van der Waals surface area contributed by atoms with E-state index in [1.54, 1.807) is 7.05 Å². The van der Waals surface area contributed by atoms with Crippen molar-refractivity contribution in [2.75, 3.05) is 0 Å². The topological polar surface area (TPSA) is 47.8 Å². The number of hydrogen-bond acceptors (Lipinski definition) is 3. The molecular formula is C12H9N3O. The van der Waals surface area contributed by atoms with E-state index in [0.29, 0.717) is 11.0 Å². The smallest absolute Gasteiger partial charge is 0.262 e. The fourth-order valence-corrected chi connectivity index (χ4v) is 1.75. The predicted molar refractivity (Wildman–Crippen MR) is 62.3 cm³/mol. The molecule has 0 atom stereocenters. The van der Waals surface area contributed by atoms with Crippen molar-refractivity contribution >= 4 is 21.9 Å². The molecule has 1 aromatic carbocycles. The van der Waals surface area contributed by atoms with Gasteiger partial charge in [-0.25, -0.2) is 9.97 Å². The first-order valence-electron chi connectivity index (χ1n) is 4.97. The summed E-state index contributed by atoms with van der Waals surface area (Å²) in [5, 5.41) is 1.52. The molecule has 0 fully saturated rings. The van der Waals surface area contributed by atoms with Crippen LogP contribution in [0.1, 0.15) is 0 Å². The quantitative estimate of drug-likeness (QED) is 0.529. The Kier molecular flexibility index (Phi) is 1.77. The van der Waals surface area contributed by atoms with Crippen LogP contribution in [0.5, 0.6) is 0 Å². The van der Waals surface area contributed by atoms with E-state index in [2.05, 4.69) is 9.97 Å². The molecule has 2 aromatic heterocycles. The number of fused-ring (bicyclic) bond motifs is 2. The van der Waals surface area contributed by atoms with Crippen LogP contribution in [0.2, 0.25) is 0 Å². The summed E-state index contributed by atoms with van der Waals surface area (Å²) >= 11 is 0. The molecule has 0 aliphatic carbocycles. The molecule has 4 nitrogen and oxygen atoms in total. The monoisotopic (exact) mass is 211 g/mol. The molecule has 16 heavy (non-hydrogen) atoms. The van der Waals surface area contributed by atoms with Gasteiger partial charge in [-0.3, -0.25) is 4.79 Å². The zero-order chi connectivity index (χ0) is 11.1. The van der Waals surface area contributed by atoms with Crippen LogP contribution in [-0.4, -0.2) is 14.5 Å². The number of rotatable bonds is 0. The van der Waals surface area contributed by atoms with Gasteiger partial charge in [0.25, 0.3) is 5.56 Å². The Balaban J connectivity index is 2.57. The largest absolute Gasteiger partial charge is 0.302 e. The van der Waals surface area contributed by atoms with Gasteiger partial charge in [-0.2, -0.15) is 0 Å². The lowest BCUT2D eigenvalue weighted by molar-refractivity contribution is 0.840. The van der Waals surface area contributed by atoms with Gasteiger partial charge in [0.1, 0.15) is 0 Å². The van der Waals surface area contributed by atoms with Crippen LogP contribution in [0, 0.1) is 0 Å². The number of aryl methyl sites for hydroxylation is 1. The summed E-state index contributed by atoms with van der Waals surface area (Å²) in [6.45, 7) is 0. The molecule has 0 saturated heterocycles. The van der Waals surface area contributed by atoms with Crippen molar-refractivity contribution in [3.8, 4) is 0 Å². The summed E-state index contributed by atoms with van der Waals surface area (Å²) < 4.78 is 1.46. The summed E-state index contributed by atoms with van der Waals surface area (Å²) in [7, 11) is 1.68. The van der Waals surface area contributed by atoms with Crippen LogP contribution < -0.4 is 5.56 Å². The molecular weight excluding hydrogens is 202 g/mol. The van der Waals surface area contributed by atoms with Crippen molar-refractivity contribution in [1.29, 1.82) is 0 Å². The van der Waals surface area contributed by atoms with E-state index in [0.717, 1.165) is 10.9 Å². The number of benzene rings is 1. The maximum atomic E-state index is 11.9. The SMILES string of the molecule is Cn1cnc2nc3ccccc3cc2c1=O. The fourth-order valence-electron chi connectivity index (χ4n) is 1.75. The fraction of sp³-hybridized carbons (Fsp3) is 0.0833. The van der Waals surface area contributed by atoms with Gasteiger partial charge in [-0.15, -0.1) is 0 Å². The summed E-state index contributed by atoms with van der Waals surface area (Å²) in [5.41, 5.74) is 1.29. The Bertz CT molecular complexity index is 746. The third-order valence-electron chi connectivity index (χ3n) is 2.61. The average Bonchev–Trinajstić information content (AvgIpc) is 2.32. The Hall–Kier alpha value is -2.23. The third-order valence-corrected chi connectivity index (χ3v) is 2.61. The summed E-state index contributed by atoms with van der Waals surface area (Å²) in [6.07, 6.45) is 1.49. The second kappa shape index (κ2) is 3.13. The van der Waals surface area contributed by atoms with Crippen molar-refractivity contribution < 1.29 is 0 Å². The second-order valence-electron chi connectivity index (χ2n) is 3.71. The molecule has 4 heteroatoms. The van der Waals surface area contributed by atoms with Crippen LogP contribution in [0.3, 0.4) is 0 Å². The van der Waals surface area contributed by atoms with Gasteiger partial charge in [0, 0.05) is 12.4 Å². The van der Waals surface area contributed by atoms with E-state index in [1.807, 2.05) is 30.3 Å². The number of aromatic nitrogens is 3. The Morgan fingerprint density at radius 1 is 1.25 bits per heavy atom. The van der Waals surface area contributed by atoms with Crippen molar-refractivity contribution in [1.82, 2.24) is 14.5 Å². The van der Waals surface area contributed by atoms with Crippen LogP contribution in [0.25, 0.3) is 21.9 Å². The molecule has 0 bridgehead atoms. The van der Waals surface area contributed by atoms with Gasteiger partial charge in [0.15, 0.2) is 5.65 Å². The summed E-state index contributed by atoms with van der Waals surface area (Å²) in [6, 6.07) is 9.54. The Morgan fingerprint density at radius 2 is 2.06 bits per heavy atom. The first kappa shape index (κ1) is 9.03. The molecule has 0 unspecified atom stereocenters. The number of pyridine rings is 1. The lowest BCUT2D eigenvalue weighted by atomic mass is 10.2. The van der Waals surface area contributed by atoms with Gasteiger partial charge >= 0.3 is 0 Å². The van der Waals surface area contributed by atoms with Crippen LogP contribution >= 0.6 is 0 Å². The molecule has 0 aliphatic heterocycles.